The van der Waals surface area contributed by atoms with Gasteiger partial charge in [0.25, 0.3) is 0 Å². The van der Waals surface area contributed by atoms with Gasteiger partial charge < -0.3 is 10.6 Å². The molecule has 2 heterocycles. The topological polar surface area (TPSA) is 59.2 Å². The number of hydrogen-bond donors (Lipinski definition) is 1. The van der Waals surface area contributed by atoms with Crippen LogP contribution in [0.2, 0.25) is 0 Å². The molecule has 0 bridgehead atoms. The highest BCUT2D eigenvalue weighted by atomic mass is 32.1. The molecule has 1 aliphatic rings. The first-order valence-corrected chi connectivity index (χ1v) is 8.64. The lowest BCUT2D eigenvalue weighted by molar-refractivity contribution is -0.141. The van der Waals surface area contributed by atoms with E-state index in [2.05, 4.69) is 4.98 Å². The van der Waals surface area contributed by atoms with Gasteiger partial charge in [-0.15, -0.1) is 11.3 Å². The lowest BCUT2D eigenvalue weighted by Crippen LogP contribution is -2.55. The minimum Gasteiger partial charge on any atom is -0.340 e. The predicted molar refractivity (Wildman–Crippen MR) is 83.2 cm³/mol. The quantitative estimate of drug-likeness (QED) is 0.906. The van der Waals surface area contributed by atoms with E-state index in [4.69, 9.17) is 5.73 Å². The van der Waals surface area contributed by atoms with Gasteiger partial charge in [0, 0.05) is 24.4 Å². The summed E-state index contributed by atoms with van der Waals surface area (Å²) in [7, 11) is 0. The monoisotopic (exact) mass is 349 g/mol. The second-order valence-electron chi connectivity index (χ2n) is 6.33. The van der Waals surface area contributed by atoms with Gasteiger partial charge in [0.15, 0.2) is 5.69 Å². The van der Waals surface area contributed by atoms with Crippen molar-refractivity contribution >= 4 is 17.2 Å². The fourth-order valence-corrected chi connectivity index (χ4v) is 3.91. The Morgan fingerprint density at radius 1 is 1.52 bits per heavy atom. The van der Waals surface area contributed by atoms with Crippen LogP contribution in [0.15, 0.2) is 5.38 Å². The van der Waals surface area contributed by atoms with Gasteiger partial charge in [-0.3, -0.25) is 4.79 Å². The number of hydrogen-bond acceptors (Lipinski definition) is 4. The van der Waals surface area contributed by atoms with Crippen molar-refractivity contribution in [2.45, 2.75) is 57.2 Å². The molecule has 0 spiro atoms. The van der Waals surface area contributed by atoms with Gasteiger partial charge in [-0.1, -0.05) is 13.3 Å². The molecular formula is C15H22F3N3OS. The Hall–Kier alpha value is -1.15. The summed E-state index contributed by atoms with van der Waals surface area (Å²) in [5.74, 6) is -0.275. The second-order valence-corrected chi connectivity index (χ2v) is 7.22. The van der Waals surface area contributed by atoms with E-state index < -0.39 is 17.4 Å². The first-order chi connectivity index (χ1) is 10.6. The van der Waals surface area contributed by atoms with Gasteiger partial charge in [0.2, 0.25) is 5.91 Å². The number of nitrogens with two attached hydrogens (primary N) is 1. The number of halogens is 3. The Kier molecular flexibility index (Phi) is 5.35. The zero-order valence-corrected chi connectivity index (χ0v) is 14.1. The van der Waals surface area contributed by atoms with Gasteiger partial charge in [-0.25, -0.2) is 4.98 Å². The SMILES string of the molecule is CCCC(C)(N)C(=O)N1CCCC(c2nc(C(F)(F)F)cs2)C1. The average Bonchev–Trinajstić information content (AvgIpc) is 2.96. The third-order valence-electron chi connectivity index (χ3n) is 4.13. The van der Waals surface area contributed by atoms with Gasteiger partial charge in [0.1, 0.15) is 0 Å². The standard InChI is InChI=1S/C15H22F3N3OS/c1-3-6-14(2,19)13(22)21-7-4-5-10(8-21)12-20-11(9-23-12)15(16,17)18/h9-10H,3-8,19H2,1-2H3. The summed E-state index contributed by atoms with van der Waals surface area (Å²) in [6.07, 6.45) is -1.54. The molecule has 23 heavy (non-hydrogen) atoms. The number of likely N-dealkylation sites (tertiary alicyclic amines) is 1. The number of alkyl halides is 3. The van der Waals surface area contributed by atoms with Crippen LogP contribution >= 0.6 is 11.3 Å². The number of carbonyl (C=O) groups excluding carboxylic acids is 1. The van der Waals surface area contributed by atoms with Crippen molar-refractivity contribution in [1.82, 2.24) is 9.88 Å². The molecule has 0 saturated carbocycles. The molecule has 2 unspecified atom stereocenters. The largest absolute Gasteiger partial charge is 0.434 e. The van der Waals surface area contributed by atoms with Crippen LogP contribution in [-0.4, -0.2) is 34.4 Å². The zero-order valence-electron chi connectivity index (χ0n) is 13.3. The summed E-state index contributed by atoms with van der Waals surface area (Å²) < 4.78 is 38.0. The molecule has 1 aromatic rings. The summed E-state index contributed by atoms with van der Waals surface area (Å²) in [6, 6.07) is 0. The highest BCUT2D eigenvalue weighted by Crippen LogP contribution is 2.35. The van der Waals surface area contributed by atoms with Gasteiger partial charge in [-0.2, -0.15) is 13.2 Å². The van der Waals surface area contributed by atoms with Crippen molar-refractivity contribution < 1.29 is 18.0 Å². The molecule has 130 valence electrons. The van der Waals surface area contributed by atoms with Crippen LogP contribution in [-0.2, 0) is 11.0 Å². The molecule has 1 saturated heterocycles. The van der Waals surface area contributed by atoms with Crippen LogP contribution in [0.25, 0.3) is 0 Å². The molecule has 2 atom stereocenters. The zero-order chi connectivity index (χ0) is 17.3. The summed E-state index contributed by atoms with van der Waals surface area (Å²) in [5, 5.41) is 1.49. The van der Waals surface area contributed by atoms with Crippen molar-refractivity contribution in [2.24, 2.45) is 5.73 Å². The number of thiazole rings is 1. The van der Waals surface area contributed by atoms with E-state index in [-0.39, 0.29) is 11.8 Å². The van der Waals surface area contributed by atoms with Crippen molar-refractivity contribution in [1.29, 1.82) is 0 Å². The van der Waals surface area contributed by atoms with Crippen LogP contribution in [0.1, 0.15) is 56.2 Å². The van der Waals surface area contributed by atoms with E-state index in [9.17, 15) is 18.0 Å². The highest BCUT2D eigenvalue weighted by molar-refractivity contribution is 7.09. The fourth-order valence-electron chi connectivity index (χ4n) is 2.96. The molecule has 8 heteroatoms. The fraction of sp³-hybridized carbons (Fsp3) is 0.733. The maximum atomic E-state index is 12.7. The van der Waals surface area contributed by atoms with E-state index in [1.54, 1.807) is 11.8 Å². The Bertz CT molecular complexity index is 556. The molecule has 4 nitrogen and oxygen atoms in total. The smallest absolute Gasteiger partial charge is 0.340 e. The minimum absolute atomic E-state index is 0.128. The maximum absolute atomic E-state index is 12.7. The number of amides is 1. The summed E-state index contributed by atoms with van der Waals surface area (Å²) >= 11 is 1.01. The molecule has 0 radical (unpaired) electrons. The lowest BCUT2D eigenvalue weighted by atomic mass is 9.92. The predicted octanol–water partition coefficient (Wildman–Crippen LogP) is 3.39. The lowest BCUT2D eigenvalue weighted by Gasteiger charge is -2.37. The van der Waals surface area contributed by atoms with E-state index >= 15 is 0 Å². The number of piperidine rings is 1. The Morgan fingerprint density at radius 3 is 2.78 bits per heavy atom. The molecule has 1 aliphatic heterocycles. The molecular weight excluding hydrogens is 327 g/mol. The number of rotatable bonds is 4. The number of aromatic nitrogens is 1. The Morgan fingerprint density at radius 2 is 2.22 bits per heavy atom. The van der Waals surface area contributed by atoms with Crippen molar-refractivity contribution in [3.63, 3.8) is 0 Å². The Labute approximate surface area is 137 Å². The van der Waals surface area contributed by atoms with Crippen LogP contribution < -0.4 is 5.73 Å². The normalized spacial score (nSPS) is 22.0. The third-order valence-corrected chi connectivity index (χ3v) is 5.14. The minimum atomic E-state index is -4.42. The van der Waals surface area contributed by atoms with E-state index in [1.165, 1.54) is 0 Å². The van der Waals surface area contributed by atoms with Crippen molar-refractivity contribution in [2.75, 3.05) is 13.1 Å². The van der Waals surface area contributed by atoms with Gasteiger partial charge >= 0.3 is 6.18 Å². The molecule has 1 amide bonds. The van der Waals surface area contributed by atoms with E-state index in [0.717, 1.165) is 36.0 Å². The second kappa shape index (κ2) is 6.76. The van der Waals surface area contributed by atoms with Crippen LogP contribution in [0.3, 0.4) is 0 Å². The van der Waals surface area contributed by atoms with E-state index in [1.807, 2.05) is 6.92 Å². The average molecular weight is 349 g/mol. The third kappa shape index (κ3) is 4.23. The van der Waals surface area contributed by atoms with Gasteiger partial charge in [0.05, 0.1) is 10.5 Å². The van der Waals surface area contributed by atoms with Crippen molar-refractivity contribution in [3.05, 3.63) is 16.1 Å². The molecule has 0 aliphatic carbocycles. The summed E-state index contributed by atoms with van der Waals surface area (Å²) in [6.45, 7) is 4.67. The molecule has 1 aromatic heterocycles. The molecule has 1 fully saturated rings. The molecule has 0 aromatic carbocycles. The van der Waals surface area contributed by atoms with Gasteiger partial charge in [-0.05, 0) is 26.2 Å². The first-order valence-electron chi connectivity index (χ1n) is 7.76. The van der Waals surface area contributed by atoms with Crippen LogP contribution in [0.5, 0.6) is 0 Å². The first kappa shape index (κ1) is 18.2. The van der Waals surface area contributed by atoms with Crippen LogP contribution in [0, 0.1) is 0 Å². The molecule has 2 N–H and O–H groups in total. The van der Waals surface area contributed by atoms with Crippen molar-refractivity contribution in [3.8, 4) is 0 Å². The number of carbonyl (C=O) groups is 1. The van der Waals surface area contributed by atoms with Crippen LogP contribution in [0.4, 0.5) is 13.2 Å². The summed E-state index contributed by atoms with van der Waals surface area (Å²) in [5.41, 5.74) is 4.32. The molecule has 2 rings (SSSR count). The summed E-state index contributed by atoms with van der Waals surface area (Å²) in [4.78, 5) is 18.0. The highest BCUT2D eigenvalue weighted by Gasteiger charge is 2.37. The Balaban J connectivity index is 2.09. The number of nitrogens with zero attached hydrogens (tertiary/aromatic N) is 2. The maximum Gasteiger partial charge on any atom is 0.434 e. The van der Waals surface area contributed by atoms with E-state index in [0.29, 0.717) is 24.5 Å².